The van der Waals surface area contributed by atoms with Crippen LogP contribution in [0.5, 0.6) is 0 Å². The second-order valence-electron chi connectivity index (χ2n) is 3.66. The lowest BCUT2D eigenvalue weighted by molar-refractivity contribution is 0.0511. The summed E-state index contributed by atoms with van der Waals surface area (Å²) in [5.41, 5.74) is -0.931. The van der Waals surface area contributed by atoms with Crippen molar-refractivity contribution >= 4 is 5.97 Å². The molecule has 5 nitrogen and oxygen atoms in total. The van der Waals surface area contributed by atoms with Gasteiger partial charge in [0.25, 0.3) is 6.43 Å². The van der Waals surface area contributed by atoms with E-state index >= 15 is 0 Å². The molecule has 7 heteroatoms. The van der Waals surface area contributed by atoms with Crippen LogP contribution in [0.25, 0.3) is 0 Å². The van der Waals surface area contributed by atoms with E-state index in [1.807, 2.05) is 6.92 Å². The van der Waals surface area contributed by atoms with Gasteiger partial charge in [0.2, 0.25) is 0 Å². The van der Waals surface area contributed by atoms with Gasteiger partial charge in [-0.15, -0.1) is 0 Å². The fourth-order valence-electron chi connectivity index (χ4n) is 1.34. The van der Waals surface area contributed by atoms with Gasteiger partial charge < -0.3 is 9.47 Å². The summed E-state index contributed by atoms with van der Waals surface area (Å²) in [6, 6.07) is 0. The molecule has 0 bridgehead atoms. The molecule has 1 rings (SSSR count). The highest BCUT2D eigenvalue weighted by atomic mass is 19.3. The summed E-state index contributed by atoms with van der Waals surface area (Å²) in [5.74, 6) is -0.726. The van der Waals surface area contributed by atoms with Crippen molar-refractivity contribution in [3.05, 3.63) is 23.3 Å². The molecule has 19 heavy (non-hydrogen) atoms. The van der Waals surface area contributed by atoms with Gasteiger partial charge in [-0.2, -0.15) is 0 Å². The Morgan fingerprint density at radius 3 is 2.74 bits per heavy atom. The number of alkyl halides is 2. The number of aromatic nitrogens is 2. The zero-order valence-corrected chi connectivity index (χ0v) is 10.9. The molecular formula is C12H16F2N2O3. The summed E-state index contributed by atoms with van der Waals surface area (Å²) in [5, 5.41) is 0. The predicted octanol–water partition coefficient (Wildman–Crippen LogP) is 2.52. The molecule has 0 aliphatic heterocycles. The number of hydrogen-bond acceptors (Lipinski definition) is 5. The molecule has 0 saturated heterocycles. The summed E-state index contributed by atoms with van der Waals surface area (Å²) in [6.45, 7) is 4.15. The van der Waals surface area contributed by atoms with Gasteiger partial charge >= 0.3 is 5.97 Å². The van der Waals surface area contributed by atoms with Gasteiger partial charge in [-0.3, -0.25) is 0 Å². The molecule has 106 valence electrons. The number of halogens is 2. The van der Waals surface area contributed by atoms with E-state index in [2.05, 4.69) is 14.7 Å². The van der Waals surface area contributed by atoms with E-state index in [1.165, 1.54) is 0 Å². The minimum absolute atomic E-state index is 0.0384. The average Bonchev–Trinajstić information content (AvgIpc) is 2.39. The molecule has 0 spiro atoms. The van der Waals surface area contributed by atoms with Crippen LogP contribution in [-0.2, 0) is 16.1 Å². The molecule has 0 atom stereocenters. The van der Waals surface area contributed by atoms with Crippen LogP contribution >= 0.6 is 0 Å². The first-order valence-electron chi connectivity index (χ1n) is 5.98. The van der Waals surface area contributed by atoms with Crippen molar-refractivity contribution in [3.8, 4) is 0 Å². The van der Waals surface area contributed by atoms with Gasteiger partial charge in [0.15, 0.2) is 5.82 Å². The van der Waals surface area contributed by atoms with Crippen LogP contribution in [-0.4, -0.2) is 29.2 Å². The highest BCUT2D eigenvalue weighted by Crippen LogP contribution is 2.21. The number of rotatable bonds is 7. The van der Waals surface area contributed by atoms with Crippen molar-refractivity contribution in [2.45, 2.75) is 33.3 Å². The van der Waals surface area contributed by atoms with E-state index in [4.69, 9.17) is 4.74 Å². The summed E-state index contributed by atoms with van der Waals surface area (Å²) in [7, 11) is 0. The second-order valence-corrected chi connectivity index (χ2v) is 3.66. The first-order valence-corrected chi connectivity index (χ1v) is 5.98. The van der Waals surface area contributed by atoms with E-state index in [1.54, 1.807) is 6.92 Å². The number of carbonyl (C=O) groups is 1. The number of carbonyl (C=O) groups excluding carboxylic acids is 1. The van der Waals surface area contributed by atoms with Crippen LogP contribution in [0, 0.1) is 0 Å². The Labute approximate surface area is 110 Å². The molecule has 0 amide bonds. The second kappa shape index (κ2) is 7.73. The Morgan fingerprint density at radius 2 is 2.16 bits per heavy atom. The first-order chi connectivity index (χ1) is 9.10. The quantitative estimate of drug-likeness (QED) is 0.564. The molecule has 0 aliphatic rings. The fraction of sp³-hybridized carbons (Fsp3) is 0.583. The maximum absolute atomic E-state index is 12.9. The highest BCUT2D eigenvalue weighted by molar-refractivity contribution is 5.90. The number of ether oxygens (including phenoxy) is 2. The number of nitrogens with zero attached hydrogens (tertiary/aromatic N) is 2. The highest BCUT2D eigenvalue weighted by Gasteiger charge is 2.22. The van der Waals surface area contributed by atoms with Crippen molar-refractivity contribution in [2.24, 2.45) is 0 Å². The Hall–Kier alpha value is -1.63. The molecule has 1 heterocycles. The maximum Gasteiger partial charge on any atom is 0.341 e. The predicted molar refractivity (Wildman–Crippen MR) is 62.9 cm³/mol. The van der Waals surface area contributed by atoms with Gasteiger partial charge in [0.05, 0.1) is 6.61 Å². The largest absolute Gasteiger partial charge is 0.462 e. The lowest BCUT2D eigenvalue weighted by Crippen LogP contribution is -2.13. The molecule has 1 aromatic rings. The molecular weight excluding hydrogens is 258 g/mol. The van der Waals surface area contributed by atoms with Crippen LogP contribution in [0.1, 0.15) is 48.6 Å². The van der Waals surface area contributed by atoms with Gasteiger partial charge in [-0.05, 0) is 13.3 Å². The summed E-state index contributed by atoms with van der Waals surface area (Å²) < 4.78 is 35.6. The molecule has 0 unspecified atom stereocenters. The van der Waals surface area contributed by atoms with Crippen molar-refractivity contribution in [3.63, 3.8) is 0 Å². The Morgan fingerprint density at radius 1 is 1.42 bits per heavy atom. The monoisotopic (exact) mass is 274 g/mol. The zero-order chi connectivity index (χ0) is 14.3. The summed E-state index contributed by atoms with van der Waals surface area (Å²) in [6.07, 6.45) is -1.01. The van der Waals surface area contributed by atoms with E-state index in [9.17, 15) is 13.6 Å². The topological polar surface area (TPSA) is 61.3 Å². The van der Waals surface area contributed by atoms with Gasteiger partial charge in [-0.25, -0.2) is 23.5 Å². The minimum Gasteiger partial charge on any atom is -0.462 e. The van der Waals surface area contributed by atoms with Crippen molar-refractivity contribution in [2.75, 3.05) is 13.2 Å². The number of esters is 1. The van der Waals surface area contributed by atoms with E-state index < -0.39 is 18.1 Å². The summed E-state index contributed by atoms with van der Waals surface area (Å²) >= 11 is 0. The molecule has 0 aromatic carbocycles. The average molecular weight is 274 g/mol. The van der Waals surface area contributed by atoms with Gasteiger partial charge in [-0.1, -0.05) is 6.92 Å². The fourth-order valence-corrected chi connectivity index (χ4v) is 1.34. The third kappa shape index (κ3) is 4.51. The first kappa shape index (κ1) is 15.4. The molecule has 0 saturated carbocycles. The zero-order valence-electron chi connectivity index (χ0n) is 10.9. The standard InChI is InChI=1S/C12H16F2N2O3/c1-3-5-18-7-9-15-6-8(12(17)19-4-2)10(16-9)11(13)14/h6,11H,3-5,7H2,1-2H3. The van der Waals surface area contributed by atoms with Crippen molar-refractivity contribution < 1.29 is 23.0 Å². The van der Waals surface area contributed by atoms with E-state index in [0.29, 0.717) is 6.61 Å². The Balaban J connectivity index is 2.91. The minimum atomic E-state index is -2.87. The van der Waals surface area contributed by atoms with Gasteiger partial charge in [0, 0.05) is 12.8 Å². The third-order valence-electron chi connectivity index (χ3n) is 2.15. The Bertz CT molecular complexity index is 427. The SMILES string of the molecule is CCCOCc1ncc(C(=O)OCC)c(C(F)F)n1. The lowest BCUT2D eigenvalue weighted by Gasteiger charge is -2.09. The number of hydrogen-bond donors (Lipinski definition) is 0. The smallest absolute Gasteiger partial charge is 0.341 e. The van der Waals surface area contributed by atoms with Crippen LogP contribution in [0.2, 0.25) is 0 Å². The van der Waals surface area contributed by atoms with E-state index in [-0.39, 0.29) is 24.6 Å². The maximum atomic E-state index is 12.9. The molecule has 0 fully saturated rings. The van der Waals surface area contributed by atoms with Gasteiger partial charge in [0.1, 0.15) is 17.9 Å². The normalized spacial score (nSPS) is 10.8. The van der Waals surface area contributed by atoms with E-state index in [0.717, 1.165) is 12.6 Å². The van der Waals surface area contributed by atoms with Crippen LogP contribution in [0.3, 0.4) is 0 Å². The van der Waals surface area contributed by atoms with Crippen molar-refractivity contribution in [1.82, 2.24) is 9.97 Å². The Kier molecular flexibility index (Phi) is 6.27. The van der Waals surface area contributed by atoms with Crippen LogP contribution in [0.4, 0.5) is 8.78 Å². The molecule has 0 N–H and O–H groups in total. The van der Waals surface area contributed by atoms with Crippen LogP contribution in [0.15, 0.2) is 6.20 Å². The third-order valence-corrected chi connectivity index (χ3v) is 2.15. The molecule has 0 aliphatic carbocycles. The lowest BCUT2D eigenvalue weighted by atomic mass is 10.2. The van der Waals surface area contributed by atoms with Crippen molar-refractivity contribution in [1.29, 1.82) is 0 Å². The van der Waals surface area contributed by atoms with Crippen LogP contribution < -0.4 is 0 Å². The molecule has 1 aromatic heterocycles. The molecule has 0 radical (unpaired) electrons. The summed E-state index contributed by atoms with van der Waals surface area (Å²) in [4.78, 5) is 19.0.